The molecule has 0 saturated carbocycles. The molecule has 20 atom stereocenters. The van der Waals surface area contributed by atoms with Crippen LogP contribution in [0, 0.1) is 27.7 Å². The molecular weight excluding hydrogens is 1620 g/mol. The largest absolute Gasteiger partial charge is 0.449 e. The first kappa shape index (κ1) is 88.7. The van der Waals surface area contributed by atoms with Crippen molar-refractivity contribution in [3.05, 3.63) is 119 Å². The Morgan fingerprint density at radius 2 is 0.440 bits per heavy atom. The number of hydrogen-bond donors (Lipinski definition) is 0. The van der Waals surface area contributed by atoms with Crippen molar-refractivity contribution in [2.24, 2.45) is 0 Å². The van der Waals surface area contributed by atoms with Gasteiger partial charge in [-0.1, -0.05) is 65.2 Å². The minimum absolute atomic E-state index is 0.161. The first-order valence-electron chi connectivity index (χ1n) is 37.8. The van der Waals surface area contributed by atoms with Crippen LogP contribution in [0.4, 0.5) is 0 Å². The molecule has 12 heterocycles. The van der Waals surface area contributed by atoms with Crippen molar-refractivity contribution in [1.82, 2.24) is 0 Å². The van der Waals surface area contributed by atoms with Crippen LogP contribution in [-0.2, 0) is 153 Å². The Kier molecular flexibility index (Phi) is 25.2. The van der Waals surface area contributed by atoms with Gasteiger partial charge in [-0.15, -0.1) is 0 Å². The lowest BCUT2D eigenvalue weighted by atomic mass is 9.99. The molecule has 0 spiro atoms. The lowest BCUT2D eigenvalue weighted by Crippen LogP contribution is -2.56. The van der Waals surface area contributed by atoms with Gasteiger partial charge in [0.1, 0.15) is 121 Å². The summed E-state index contributed by atoms with van der Waals surface area (Å²) in [6, 6.07) is 26.4. The molecule has 0 radical (unpaired) electrons. The van der Waals surface area contributed by atoms with Crippen LogP contribution in [0.1, 0.15) is 133 Å². The van der Waals surface area contributed by atoms with Crippen molar-refractivity contribution >= 4 is 41.6 Å². The molecule has 116 heavy (non-hydrogen) atoms. The third-order valence-corrected chi connectivity index (χ3v) is 22.6. The van der Waals surface area contributed by atoms with E-state index in [9.17, 15) is 33.7 Å². The average Bonchev–Trinajstić information content (AvgIpc) is 1.61. The predicted molar refractivity (Wildman–Crippen MR) is 397 cm³/mol. The lowest BCUT2D eigenvalue weighted by molar-refractivity contribution is -0.238. The summed E-state index contributed by atoms with van der Waals surface area (Å²) in [5.41, 5.74) is 3.81. The zero-order valence-electron chi connectivity index (χ0n) is 67.9. The summed E-state index contributed by atoms with van der Waals surface area (Å²) < 4.78 is 256. The van der Waals surface area contributed by atoms with Gasteiger partial charge in [0.15, 0.2) is 71.5 Å². The lowest BCUT2D eigenvalue weighted by Gasteiger charge is -2.36. The molecule has 16 rings (SSSR count). The van der Waals surface area contributed by atoms with Crippen molar-refractivity contribution in [2.45, 2.75) is 308 Å². The topological polar surface area (TPSA) is 395 Å². The predicted octanol–water partition coefficient (Wildman–Crippen LogP) is 8.13. The highest BCUT2D eigenvalue weighted by Gasteiger charge is 2.66. The minimum atomic E-state index is -4.30. The molecule has 0 bridgehead atoms. The van der Waals surface area contributed by atoms with Gasteiger partial charge in [0.05, 0.1) is 26.4 Å². The van der Waals surface area contributed by atoms with Gasteiger partial charge in [-0.2, -0.15) is 33.7 Å². The van der Waals surface area contributed by atoms with Crippen LogP contribution in [-0.4, -0.2) is 229 Å². The molecular formula is C76H104O36S4. The molecule has 12 aliphatic rings. The number of benzene rings is 4. The van der Waals surface area contributed by atoms with E-state index in [0.29, 0.717) is 0 Å². The summed E-state index contributed by atoms with van der Waals surface area (Å²) in [6.45, 7) is 34.6. The van der Waals surface area contributed by atoms with E-state index in [-0.39, 0.29) is 49.4 Å². The highest BCUT2D eigenvalue weighted by Crippen LogP contribution is 2.49. The molecule has 648 valence electrons. The average molecular weight is 1720 g/mol. The highest BCUT2D eigenvalue weighted by atomic mass is 32.3. The van der Waals surface area contributed by atoms with Crippen LogP contribution in [0.15, 0.2) is 97.1 Å². The smallest absolute Gasteiger partial charge is 0.362 e. The summed E-state index contributed by atoms with van der Waals surface area (Å²) in [5, 5.41) is 0. The van der Waals surface area contributed by atoms with Gasteiger partial charge in [-0.25, -0.2) is 16.7 Å². The molecule has 4 aromatic carbocycles. The van der Waals surface area contributed by atoms with Crippen LogP contribution < -0.4 is 16.7 Å². The fourth-order valence-corrected chi connectivity index (χ4v) is 17.7. The third-order valence-electron chi connectivity index (χ3n) is 19.4. The van der Waals surface area contributed by atoms with Gasteiger partial charge in [-0.3, -0.25) is 0 Å². The number of ether oxygens (including phenoxy) is 20. The summed E-state index contributed by atoms with van der Waals surface area (Å²) >= 11 is 0. The van der Waals surface area contributed by atoms with E-state index >= 15 is 0 Å². The van der Waals surface area contributed by atoms with Crippen molar-refractivity contribution < 1.29 is 162 Å². The fraction of sp³-hybridized carbons (Fsp3) is 0.684. The maximum absolute atomic E-state index is 12.3. The van der Waals surface area contributed by atoms with E-state index in [1.165, 1.54) is 6.07 Å². The first-order chi connectivity index (χ1) is 53.7. The Morgan fingerprint density at radius 1 is 0.241 bits per heavy atom. The molecule has 0 aromatic heterocycles. The third kappa shape index (κ3) is 22.2. The SMILES string of the molecule is Cc1ccc(OS(=O)(=O)OCC2O[C@@H]3OC(C)(C)O[C@H]3C3OC(C)(C)O[C@@H]23)cc1.Cc1ccc(OS(=O)(=O)OCC2O[C@@H]3OC(C)(C)O[C@H]3C3OC(C)(C)O[C@@H]23)cc1.Cc1ccc(OS(=O)(=O)OCC2O[C@@H]3OC(C)(C)O[C@H]3C3OC(C)(C)O[C@@H]23)cc1.Cc1cccc(OS(=O)(=O)OCC2O[C@@H]3OC(C)(C)O[C@H]3C3OC(C)(C)O[C@@H]23)c1. The second-order valence-electron chi connectivity index (χ2n) is 33.2. The molecule has 0 aliphatic carbocycles. The Bertz CT molecular complexity index is 4220. The molecule has 0 amide bonds. The number of aryl methyl sites for hydroxylation is 4. The molecule has 12 saturated heterocycles. The summed E-state index contributed by atoms with van der Waals surface area (Å²) in [4.78, 5) is 0. The first-order valence-corrected chi connectivity index (χ1v) is 43.1. The van der Waals surface area contributed by atoms with E-state index in [1.54, 1.807) is 196 Å². The van der Waals surface area contributed by atoms with Gasteiger partial charge in [-0.05, 0) is 193 Å². The van der Waals surface area contributed by atoms with Gasteiger partial charge >= 0.3 is 41.6 Å². The van der Waals surface area contributed by atoms with Crippen molar-refractivity contribution in [3.8, 4) is 23.0 Å². The Hall–Kier alpha value is -5.08. The van der Waals surface area contributed by atoms with Crippen molar-refractivity contribution in [1.29, 1.82) is 0 Å². The molecule has 40 heteroatoms. The van der Waals surface area contributed by atoms with Crippen LogP contribution in [0.25, 0.3) is 0 Å². The van der Waals surface area contributed by atoms with E-state index < -0.39 is 211 Å². The normalized spacial score (nSPS) is 35.1. The van der Waals surface area contributed by atoms with Crippen molar-refractivity contribution in [2.75, 3.05) is 26.4 Å². The maximum Gasteiger partial charge on any atom is 0.449 e. The van der Waals surface area contributed by atoms with Crippen LogP contribution >= 0.6 is 0 Å². The van der Waals surface area contributed by atoms with Crippen LogP contribution in [0.5, 0.6) is 23.0 Å². The second kappa shape index (κ2) is 33.0. The van der Waals surface area contributed by atoms with Gasteiger partial charge in [0.2, 0.25) is 0 Å². The molecule has 0 N–H and O–H groups in total. The second-order valence-corrected chi connectivity index (χ2v) is 38.1. The highest BCUT2D eigenvalue weighted by molar-refractivity contribution is 7.83. The molecule has 36 nitrogen and oxygen atoms in total. The summed E-state index contributed by atoms with van der Waals surface area (Å²) in [7, 11) is -17.2. The van der Waals surface area contributed by atoms with Crippen LogP contribution in [0.3, 0.4) is 0 Å². The Morgan fingerprint density at radius 3 is 0.664 bits per heavy atom. The van der Waals surface area contributed by atoms with Gasteiger partial charge in [0.25, 0.3) is 0 Å². The van der Waals surface area contributed by atoms with Crippen molar-refractivity contribution in [3.63, 3.8) is 0 Å². The molecule has 4 aromatic rings. The van der Waals surface area contributed by atoms with Gasteiger partial charge in [0, 0.05) is 0 Å². The molecule has 12 fully saturated rings. The molecule has 8 unspecified atom stereocenters. The van der Waals surface area contributed by atoms with E-state index in [2.05, 4.69) is 0 Å². The van der Waals surface area contributed by atoms with Gasteiger partial charge < -0.3 is 111 Å². The number of fused-ring (bicyclic) bond motifs is 12. The maximum atomic E-state index is 12.3. The monoisotopic (exact) mass is 1720 g/mol. The summed E-state index contributed by atoms with van der Waals surface area (Å²) in [6.07, 6.45) is -12.2. The zero-order chi connectivity index (χ0) is 84.1. The number of hydrogen-bond acceptors (Lipinski definition) is 36. The Balaban J connectivity index is 0.000000135. The fourth-order valence-electron chi connectivity index (χ4n) is 14.9. The Labute approximate surface area is 676 Å². The standard InChI is InChI=1S/4C19H26O9S/c3*1-11-6-8-12(9-7-11)28-29(20,21)22-10-13-14-15(25-18(2,3)24-14)16-17(23-13)27-19(4,5)26-16;1-11-7-6-8-12(9-11)28-29(20,21)22-10-13-14-15(25-18(2,3)24-14)16-17(23-13)27-19(4,5)26-16/h4*6-9,13-17H,10H2,1-5H3/t4*13?,14-,15?,16-,17+/m0000/s1. The number of rotatable bonds is 20. The zero-order valence-corrected chi connectivity index (χ0v) is 71.2. The minimum Gasteiger partial charge on any atom is -0.362 e. The summed E-state index contributed by atoms with van der Waals surface area (Å²) in [5.74, 6) is -6.27. The quantitative estimate of drug-likeness (QED) is 0.0805. The van der Waals surface area contributed by atoms with Crippen LogP contribution in [0.2, 0.25) is 0 Å². The molecule has 12 aliphatic heterocycles. The van der Waals surface area contributed by atoms with E-state index in [1.807, 2.05) is 33.8 Å². The van der Waals surface area contributed by atoms with E-state index in [4.69, 9.17) is 128 Å². The van der Waals surface area contributed by atoms with E-state index in [0.717, 1.165) is 22.3 Å².